The molecule has 1 fully saturated rings. The second-order valence-electron chi connectivity index (χ2n) is 9.26. The number of piperidine rings is 1. The van der Waals surface area contributed by atoms with Gasteiger partial charge in [-0.25, -0.2) is 0 Å². The van der Waals surface area contributed by atoms with Gasteiger partial charge in [-0.05, 0) is 45.1 Å². The van der Waals surface area contributed by atoms with E-state index in [-0.39, 0.29) is 5.91 Å². The van der Waals surface area contributed by atoms with Crippen LogP contribution in [0, 0.1) is 19.8 Å². The average molecular weight is 474 g/mol. The maximum atomic E-state index is 13.3. The van der Waals surface area contributed by atoms with Gasteiger partial charge in [0.1, 0.15) is 12.2 Å². The van der Waals surface area contributed by atoms with Gasteiger partial charge in [0.05, 0.1) is 17.8 Å². The van der Waals surface area contributed by atoms with Crippen LogP contribution in [-0.4, -0.2) is 53.6 Å². The minimum atomic E-state index is -0.0892. The lowest BCUT2D eigenvalue weighted by Gasteiger charge is -2.32. The van der Waals surface area contributed by atoms with Crippen LogP contribution < -0.4 is 0 Å². The van der Waals surface area contributed by atoms with Gasteiger partial charge >= 0.3 is 0 Å². The van der Waals surface area contributed by atoms with E-state index in [1.165, 1.54) is 5.56 Å². The number of likely N-dealkylation sites (tertiary alicyclic amines) is 1. The van der Waals surface area contributed by atoms with E-state index in [0.29, 0.717) is 23.9 Å². The normalized spacial score (nSPS) is 16.1. The number of amides is 1. The molecule has 4 heterocycles. The summed E-state index contributed by atoms with van der Waals surface area (Å²) >= 11 is 0. The summed E-state index contributed by atoms with van der Waals surface area (Å²) < 4.78 is 9.62. The number of hydrogen-bond acceptors (Lipinski definition) is 6. The Bertz CT molecular complexity index is 1300. The van der Waals surface area contributed by atoms with Crippen LogP contribution in [0.3, 0.4) is 0 Å². The first kappa shape index (κ1) is 23.0. The Morgan fingerprint density at radius 2 is 2.03 bits per heavy atom. The molecule has 5 rings (SSSR count). The molecule has 1 amide bonds. The van der Waals surface area contributed by atoms with E-state index >= 15 is 0 Å². The highest BCUT2D eigenvalue weighted by Gasteiger charge is 2.28. The van der Waals surface area contributed by atoms with E-state index in [1.807, 2.05) is 41.6 Å². The van der Waals surface area contributed by atoms with Crippen LogP contribution in [0.1, 0.15) is 53.0 Å². The van der Waals surface area contributed by atoms with Gasteiger partial charge in [0.2, 0.25) is 0 Å². The predicted octanol–water partition coefficient (Wildman–Crippen LogP) is 3.91. The lowest BCUT2D eigenvalue weighted by atomic mass is 9.94. The third-order valence-corrected chi connectivity index (χ3v) is 6.83. The molecule has 3 aromatic heterocycles. The van der Waals surface area contributed by atoms with Gasteiger partial charge in [-0.2, -0.15) is 5.10 Å². The summed E-state index contributed by atoms with van der Waals surface area (Å²) in [5.41, 5.74) is 4.35. The van der Waals surface area contributed by atoms with Gasteiger partial charge in [0, 0.05) is 37.8 Å². The molecule has 9 nitrogen and oxygen atoms in total. The SMILES string of the molecule is CCn1nc(C)c(-c2cc(C(=O)N3CCCC(Cc4nncn4Cc4ccccc4)C3)no2)c1C. The number of carbonyl (C=O) groups is 1. The molecule has 35 heavy (non-hydrogen) atoms. The average Bonchev–Trinajstić information content (AvgIpc) is 3.59. The first-order valence-corrected chi connectivity index (χ1v) is 12.2. The summed E-state index contributed by atoms with van der Waals surface area (Å²) in [5.74, 6) is 1.78. The van der Waals surface area contributed by atoms with Crippen molar-refractivity contribution in [3.05, 3.63) is 71.2 Å². The van der Waals surface area contributed by atoms with Gasteiger partial charge < -0.3 is 14.0 Å². The summed E-state index contributed by atoms with van der Waals surface area (Å²) in [6.07, 6.45) is 4.58. The highest BCUT2D eigenvalue weighted by Crippen LogP contribution is 2.29. The molecule has 182 valence electrons. The maximum absolute atomic E-state index is 13.3. The minimum absolute atomic E-state index is 0.0892. The molecule has 1 aromatic carbocycles. The molecule has 1 atom stereocenters. The molecule has 4 aromatic rings. The highest BCUT2D eigenvalue weighted by molar-refractivity contribution is 5.93. The zero-order valence-electron chi connectivity index (χ0n) is 20.5. The van der Waals surface area contributed by atoms with E-state index in [1.54, 1.807) is 12.4 Å². The second-order valence-corrected chi connectivity index (χ2v) is 9.26. The van der Waals surface area contributed by atoms with Crippen molar-refractivity contribution in [2.45, 2.75) is 53.1 Å². The summed E-state index contributed by atoms with van der Waals surface area (Å²) in [5, 5.41) is 17.2. The molecule has 9 heteroatoms. The number of carbonyl (C=O) groups excluding carboxylic acids is 1. The van der Waals surface area contributed by atoms with E-state index in [0.717, 1.165) is 61.7 Å². The summed E-state index contributed by atoms with van der Waals surface area (Å²) in [6, 6.07) is 12.1. The number of aromatic nitrogens is 6. The van der Waals surface area contributed by atoms with Gasteiger partial charge in [-0.1, -0.05) is 35.5 Å². The van der Waals surface area contributed by atoms with Crippen molar-refractivity contribution in [3.63, 3.8) is 0 Å². The van der Waals surface area contributed by atoms with Crippen molar-refractivity contribution in [1.82, 2.24) is 34.6 Å². The molecule has 0 radical (unpaired) electrons. The first-order valence-electron chi connectivity index (χ1n) is 12.2. The third kappa shape index (κ3) is 4.76. The standard InChI is InChI=1S/C26H31N7O2/c1-4-33-19(3)25(18(2)29-33)23-14-22(30-35-23)26(34)31-12-8-11-21(16-31)13-24-28-27-17-32(24)15-20-9-6-5-7-10-20/h5-7,9-10,14,17,21H,4,8,11-13,15-16H2,1-3H3. The van der Waals surface area contributed by atoms with Crippen LogP contribution in [0.5, 0.6) is 0 Å². The second kappa shape index (κ2) is 9.85. The molecule has 0 aliphatic carbocycles. The Morgan fingerprint density at radius 1 is 1.20 bits per heavy atom. The fourth-order valence-corrected chi connectivity index (χ4v) is 5.04. The zero-order chi connectivity index (χ0) is 24.4. The summed E-state index contributed by atoms with van der Waals surface area (Å²) in [6.45, 7) is 8.92. The molecule has 1 saturated heterocycles. The third-order valence-electron chi connectivity index (χ3n) is 6.83. The molecule has 1 aliphatic heterocycles. The van der Waals surface area contributed by atoms with Gasteiger partial charge in [0.25, 0.3) is 5.91 Å². The van der Waals surface area contributed by atoms with E-state index in [4.69, 9.17) is 4.52 Å². The number of benzene rings is 1. The van der Waals surface area contributed by atoms with E-state index in [9.17, 15) is 4.79 Å². The summed E-state index contributed by atoms with van der Waals surface area (Å²) in [7, 11) is 0. The van der Waals surface area contributed by atoms with Gasteiger partial charge in [-0.3, -0.25) is 9.48 Å². The largest absolute Gasteiger partial charge is 0.355 e. The zero-order valence-corrected chi connectivity index (χ0v) is 20.5. The molecule has 1 unspecified atom stereocenters. The van der Waals surface area contributed by atoms with Gasteiger partial charge in [0.15, 0.2) is 11.5 Å². The smallest absolute Gasteiger partial charge is 0.276 e. The molecular weight excluding hydrogens is 442 g/mol. The van der Waals surface area contributed by atoms with Crippen molar-refractivity contribution >= 4 is 5.91 Å². The Labute approximate surface area is 204 Å². The van der Waals surface area contributed by atoms with Crippen molar-refractivity contribution in [2.75, 3.05) is 13.1 Å². The fraction of sp³-hybridized carbons (Fsp3) is 0.423. The van der Waals surface area contributed by atoms with Gasteiger partial charge in [-0.15, -0.1) is 10.2 Å². The van der Waals surface area contributed by atoms with Crippen LogP contribution in [0.2, 0.25) is 0 Å². The van der Waals surface area contributed by atoms with Crippen molar-refractivity contribution in [3.8, 4) is 11.3 Å². The lowest BCUT2D eigenvalue weighted by molar-refractivity contribution is 0.0661. The number of nitrogens with zero attached hydrogens (tertiary/aromatic N) is 7. The van der Waals surface area contributed by atoms with E-state index < -0.39 is 0 Å². The molecule has 0 bridgehead atoms. The van der Waals surface area contributed by atoms with Crippen LogP contribution >= 0.6 is 0 Å². The predicted molar refractivity (Wildman–Crippen MR) is 131 cm³/mol. The van der Waals surface area contributed by atoms with Crippen LogP contribution in [0.25, 0.3) is 11.3 Å². The molecule has 0 spiro atoms. The maximum Gasteiger partial charge on any atom is 0.276 e. The Kier molecular flexibility index (Phi) is 6.48. The van der Waals surface area contributed by atoms with Crippen LogP contribution in [0.4, 0.5) is 0 Å². The monoisotopic (exact) mass is 473 g/mol. The van der Waals surface area contributed by atoms with Crippen molar-refractivity contribution in [1.29, 1.82) is 0 Å². The quantitative estimate of drug-likeness (QED) is 0.404. The number of aryl methyl sites for hydroxylation is 2. The number of hydrogen-bond donors (Lipinski definition) is 0. The first-order chi connectivity index (χ1) is 17.0. The fourth-order valence-electron chi connectivity index (χ4n) is 5.04. The highest BCUT2D eigenvalue weighted by atomic mass is 16.5. The Hall–Kier alpha value is -3.75. The topological polar surface area (TPSA) is 94.9 Å². The lowest BCUT2D eigenvalue weighted by Crippen LogP contribution is -2.40. The molecule has 0 N–H and O–H groups in total. The minimum Gasteiger partial charge on any atom is -0.355 e. The Morgan fingerprint density at radius 3 is 2.80 bits per heavy atom. The molecule has 0 saturated carbocycles. The van der Waals surface area contributed by atoms with Crippen molar-refractivity contribution < 1.29 is 9.32 Å². The summed E-state index contributed by atoms with van der Waals surface area (Å²) in [4.78, 5) is 15.2. The number of rotatable bonds is 7. The van der Waals surface area contributed by atoms with Crippen LogP contribution in [0.15, 0.2) is 47.2 Å². The van der Waals surface area contributed by atoms with Crippen LogP contribution in [-0.2, 0) is 19.5 Å². The van der Waals surface area contributed by atoms with Crippen molar-refractivity contribution in [2.24, 2.45) is 5.92 Å². The Balaban J connectivity index is 1.26. The van der Waals surface area contributed by atoms with E-state index in [2.05, 4.69) is 44.1 Å². The molecular formula is C26H31N7O2. The molecule has 1 aliphatic rings.